The summed E-state index contributed by atoms with van der Waals surface area (Å²) in [6, 6.07) is 5.59. The number of benzene rings is 1. The van der Waals surface area contributed by atoms with E-state index in [1.54, 1.807) is 0 Å². The monoisotopic (exact) mass is 292 g/mol. The number of nitrogens with one attached hydrogen (secondary N) is 1. The van der Waals surface area contributed by atoms with Crippen molar-refractivity contribution >= 4 is 28.3 Å². The molecule has 1 unspecified atom stereocenters. The maximum absolute atomic E-state index is 12.7. The Labute approximate surface area is 124 Å². The molecule has 0 radical (unpaired) electrons. The van der Waals surface area contributed by atoms with Gasteiger partial charge in [0.1, 0.15) is 0 Å². The molecule has 2 aromatic rings. The zero-order chi connectivity index (χ0) is 14.7. The minimum atomic E-state index is -0.119. The van der Waals surface area contributed by atoms with Gasteiger partial charge in [0.15, 0.2) is 5.78 Å². The Hall–Kier alpha value is -1.32. The van der Waals surface area contributed by atoms with Gasteiger partial charge in [-0.3, -0.25) is 4.79 Å². The van der Waals surface area contributed by atoms with Crippen LogP contribution in [0.4, 0.5) is 0 Å². The van der Waals surface area contributed by atoms with Crippen LogP contribution in [0.25, 0.3) is 10.9 Å². The van der Waals surface area contributed by atoms with Gasteiger partial charge < -0.3 is 9.88 Å². The highest BCUT2D eigenvalue weighted by Gasteiger charge is 2.21. The van der Waals surface area contributed by atoms with Crippen LogP contribution in [-0.2, 0) is 6.54 Å². The van der Waals surface area contributed by atoms with E-state index in [-0.39, 0.29) is 11.8 Å². The number of ketones is 1. The topological polar surface area (TPSA) is 34.0 Å². The Morgan fingerprint density at radius 1 is 1.35 bits per heavy atom. The van der Waals surface area contributed by atoms with E-state index in [0.29, 0.717) is 5.02 Å². The number of hydrogen-bond donors (Lipinski definition) is 1. The van der Waals surface area contributed by atoms with Gasteiger partial charge in [-0.05, 0) is 32.0 Å². The maximum atomic E-state index is 12.7. The molecule has 0 aliphatic carbocycles. The average Bonchev–Trinajstić information content (AvgIpc) is 2.81. The molecule has 2 rings (SSSR count). The Balaban J connectivity index is 2.51. The van der Waals surface area contributed by atoms with Gasteiger partial charge in [-0.25, -0.2) is 0 Å². The molecule has 0 saturated carbocycles. The van der Waals surface area contributed by atoms with E-state index in [0.717, 1.165) is 36.0 Å². The largest absolute Gasteiger partial charge is 0.347 e. The van der Waals surface area contributed by atoms with Gasteiger partial charge in [-0.2, -0.15) is 0 Å². The lowest BCUT2D eigenvalue weighted by Gasteiger charge is -2.13. The second-order valence-electron chi connectivity index (χ2n) is 4.87. The van der Waals surface area contributed by atoms with Crippen molar-refractivity contribution in [1.82, 2.24) is 9.88 Å². The SMILES string of the molecule is CCNC(CC)C(=O)c1cn(CC)c2cc(Cl)ccc12. The summed E-state index contributed by atoms with van der Waals surface area (Å²) in [5.74, 6) is 0.161. The molecule has 0 amide bonds. The molecule has 0 saturated heterocycles. The summed E-state index contributed by atoms with van der Waals surface area (Å²) in [4.78, 5) is 12.7. The van der Waals surface area contributed by atoms with E-state index < -0.39 is 0 Å². The summed E-state index contributed by atoms with van der Waals surface area (Å²) < 4.78 is 2.08. The first kappa shape index (κ1) is 15.1. The molecule has 108 valence electrons. The van der Waals surface area contributed by atoms with Crippen LogP contribution in [0.2, 0.25) is 5.02 Å². The van der Waals surface area contributed by atoms with Crippen molar-refractivity contribution < 1.29 is 4.79 Å². The quantitative estimate of drug-likeness (QED) is 0.820. The number of hydrogen-bond acceptors (Lipinski definition) is 2. The molecule has 4 heteroatoms. The van der Waals surface area contributed by atoms with Crippen LogP contribution in [0.1, 0.15) is 37.6 Å². The fourth-order valence-electron chi connectivity index (χ4n) is 2.58. The van der Waals surface area contributed by atoms with Crippen molar-refractivity contribution in [3.8, 4) is 0 Å². The predicted molar refractivity (Wildman–Crippen MR) is 84.7 cm³/mol. The number of aryl methyl sites for hydroxylation is 1. The lowest BCUT2D eigenvalue weighted by atomic mass is 10.0. The normalized spacial score (nSPS) is 12.8. The highest BCUT2D eigenvalue weighted by atomic mass is 35.5. The Bertz CT molecular complexity index is 618. The van der Waals surface area contributed by atoms with Gasteiger partial charge in [0, 0.05) is 28.7 Å². The molecule has 0 fully saturated rings. The number of carbonyl (C=O) groups excluding carboxylic acids is 1. The third-order valence-corrected chi connectivity index (χ3v) is 3.86. The van der Waals surface area contributed by atoms with Crippen molar-refractivity contribution in [3.05, 3.63) is 35.0 Å². The number of fused-ring (bicyclic) bond motifs is 1. The lowest BCUT2D eigenvalue weighted by Crippen LogP contribution is -2.35. The molecule has 0 spiro atoms. The number of halogens is 1. The number of nitrogens with zero attached hydrogens (tertiary/aromatic N) is 1. The third kappa shape index (κ3) is 2.74. The molecule has 0 bridgehead atoms. The minimum Gasteiger partial charge on any atom is -0.347 e. The summed E-state index contributed by atoms with van der Waals surface area (Å²) in [6.07, 6.45) is 2.74. The predicted octanol–water partition coefficient (Wildman–Crippen LogP) is 3.89. The molecular formula is C16H21ClN2O. The molecule has 1 atom stereocenters. The van der Waals surface area contributed by atoms with E-state index >= 15 is 0 Å². The second kappa shape index (κ2) is 6.42. The van der Waals surface area contributed by atoms with Crippen molar-refractivity contribution in [2.75, 3.05) is 6.54 Å². The minimum absolute atomic E-state index is 0.119. The van der Waals surface area contributed by atoms with Crippen LogP contribution in [0.5, 0.6) is 0 Å². The molecule has 1 aromatic carbocycles. The zero-order valence-corrected chi connectivity index (χ0v) is 13.0. The van der Waals surface area contributed by atoms with Crippen LogP contribution in [0.3, 0.4) is 0 Å². The van der Waals surface area contributed by atoms with E-state index in [1.807, 2.05) is 38.2 Å². The number of likely N-dealkylation sites (N-methyl/N-ethyl adjacent to an activating group) is 1. The molecule has 1 aromatic heterocycles. The lowest BCUT2D eigenvalue weighted by molar-refractivity contribution is 0.0943. The summed E-state index contributed by atoms with van der Waals surface area (Å²) in [5, 5.41) is 4.93. The fourth-order valence-corrected chi connectivity index (χ4v) is 2.75. The molecule has 3 nitrogen and oxygen atoms in total. The van der Waals surface area contributed by atoms with Crippen LogP contribution in [0.15, 0.2) is 24.4 Å². The van der Waals surface area contributed by atoms with Crippen LogP contribution < -0.4 is 5.32 Å². The molecule has 1 heterocycles. The Kier molecular flexibility index (Phi) is 4.84. The van der Waals surface area contributed by atoms with Crippen molar-refractivity contribution in [3.63, 3.8) is 0 Å². The maximum Gasteiger partial charge on any atom is 0.181 e. The van der Waals surface area contributed by atoms with Crippen LogP contribution >= 0.6 is 11.6 Å². The van der Waals surface area contributed by atoms with Gasteiger partial charge in [-0.15, -0.1) is 0 Å². The van der Waals surface area contributed by atoms with E-state index in [2.05, 4.69) is 16.8 Å². The summed E-state index contributed by atoms with van der Waals surface area (Å²) in [7, 11) is 0. The molecule has 0 aliphatic rings. The first-order valence-electron chi connectivity index (χ1n) is 7.18. The molecule has 1 N–H and O–H groups in total. The summed E-state index contributed by atoms with van der Waals surface area (Å²) in [5.41, 5.74) is 1.81. The van der Waals surface area contributed by atoms with Gasteiger partial charge >= 0.3 is 0 Å². The first-order chi connectivity index (χ1) is 9.62. The molecular weight excluding hydrogens is 272 g/mol. The van der Waals surface area contributed by atoms with Gasteiger partial charge in [0.25, 0.3) is 0 Å². The van der Waals surface area contributed by atoms with Gasteiger partial charge in [0.2, 0.25) is 0 Å². The van der Waals surface area contributed by atoms with Gasteiger partial charge in [0.05, 0.1) is 11.6 Å². The van der Waals surface area contributed by atoms with E-state index in [1.165, 1.54) is 0 Å². The van der Waals surface area contributed by atoms with Crippen molar-refractivity contribution in [2.45, 2.75) is 39.8 Å². The number of aromatic nitrogens is 1. The Morgan fingerprint density at radius 2 is 2.10 bits per heavy atom. The number of rotatable bonds is 6. The fraction of sp³-hybridized carbons (Fsp3) is 0.438. The zero-order valence-electron chi connectivity index (χ0n) is 12.2. The van der Waals surface area contributed by atoms with Crippen LogP contribution in [0, 0.1) is 0 Å². The highest BCUT2D eigenvalue weighted by Crippen LogP contribution is 2.26. The number of Topliss-reactive ketones (excluding diaryl/α,β-unsaturated/α-hetero) is 1. The van der Waals surface area contributed by atoms with E-state index in [4.69, 9.17) is 11.6 Å². The standard InChI is InChI=1S/C16H21ClN2O/c1-4-14(18-5-2)16(20)13-10-19(6-3)15-9-11(17)7-8-12(13)15/h7-10,14,18H,4-6H2,1-3H3. The van der Waals surface area contributed by atoms with Crippen molar-refractivity contribution in [2.24, 2.45) is 0 Å². The Morgan fingerprint density at radius 3 is 2.70 bits per heavy atom. The molecule has 0 aliphatic heterocycles. The second-order valence-corrected chi connectivity index (χ2v) is 5.31. The van der Waals surface area contributed by atoms with Gasteiger partial charge in [-0.1, -0.05) is 31.5 Å². The highest BCUT2D eigenvalue weighted by molar-refractivity contribution is 6.31. The smallest absolute Gasteiger partial charge is 0.181 e. The molecule has 20 heavy (non-hydrogen) atoms. The van der Waals surface area contributed by atoms with Crippen LogP contribution in [-0.4, -0.2) is 22.9 Å². The number of carbonyl (C=O) groups is 1. The van der Waals surface area contributed by atoms with Crippen molar-refractivity contribution in [1.29, 1.82) is 0 Å². The average molecular weight is 293 g/mol. The summed E-state index contributed by atoms with van der Waals surface area (Å²) >= 11 is 6.07. The third-order valence-electron chi connectivity index (χ3n) is 3.63. The summed E-state index contributed by atoms with van der Waals surface area (Å²) in [6.45, 7) is 7.73. The first-order valence-corrected chi connectivity index (χ1v) is 7.56. The van der Waals surface area contributed by atoms with E-state index in [9.17, 15) is 4.79 Å².